The average molecular weight is 342 g/mol. The van der Waals surface area contributed by atoms with Crippen LogP contribution in [-0.4, -0.2) is 10.9 Å². The van der Waals surface area contributed by atoms with Crippen LogP contribution in [0, 0.1) is 11.3 Å². The lowest BCUT2D eigenvalue weighted by atomic mass is 10.1. The van der Waals surface area contributed by atoms with Crippen LogP contribution in [0.3, 0.4) is 0 Å². The second kappa shape index (κ2) is 7.95. The van der Waals surface area contributed by atoms with Gasteiger partial charge in [-0.3, -0.25) is 9.78 Å². The number of nitrogens with one attached hydrogen (secondary N) is 2. The summed E-state index contributed by atoms with van der Waals surface area (Å²) in [5.41, 5.74) is 2.49. The first kappa shape index (κ1) is 17.2. The van der Waals surface area contributed by atoms with E-state index in [4.69, 9.17) is 0 Å². The Morgan fingerprint density at radius 1 is 1.12 bits per heavy atom. The Hall–Kier alpha value is -3.65. The number of para-hydroxylation sites is 1. The minimum Gasteiger partial charge on any atom is -0.358 e. The fraction of sp³-hybridized carbons (Fsp3) is 0.0952. The molecular formula is C21H18N4O. The molecule has 1 aromatic heterocycles. The number of hydrogen-bond donors (Lipinski definition) is 2. The fourth-order valence-electron chi connectivity index (χ4n) is 2.62. The van der Waals surface area contributed by atoms with Gasteiger partial charge in [-0.05, 0) is 24.6 Å². The molecular weight excluding hydrogens is 324 g/mol. The van der Waals surface area contributed by atoms with Crippen LogP contribution in [0.4, 0.5) is 5.69 Å². The van der Waals surface area contributed by atoms with E-state index in [-0.39, 0.29) is 11.6 Å². The predicted molar refractivity (Wildman–Crippen MR) is 102 cm³/mol. The van der Waals surface area contributed by atoms with Crippen molar-refractivity contribution in [1.82, 2.24) is 10.3 Å². The molecule has 0 fully saturated rings. The summed E-state index contributed by atoms with van der Waals surface area (Å²) in [5.74, 6) is -0.426. The van der Waals surface area contributed by atoms with Gasteiger partial charge >= 0.3 is 0 Å². The summed E-state index contributed by atoms with van der Waals surface area (Å²) in [5, 5.41) is 16.2. The van der Waals surface area contributed by atoms with Crippen molar-refractivity contribution in [2.75, 3.05) is 5.32 Å². The minimum absolute atomic E-state index is 0.000662. The lowest BCUT2D eigenvalue weighted by Gasteiger charge is -2.14. The quantitative estimate of drug-likeness (QED) is 0.544. The standard InChI is InChI=1S/C21H18N4O/c1-15(16-7-3-2-4-8-16)25-21(26)18(13-22)14-24-19-11-5-9-17-10-6-12-23-20(17)19/h2-12,14-15,24H,1H3,(H,25,26)/b18-14-. The van der Waals surface area contributed by atoms with Gasteiger partial charge in [0.25, 0.3) is 5.91 Å². The van der Waals surface area contributed by atoms with Gasteiger partial charge in [-0.25, -0.2) is 0 Å². The molecule has 2 N–H and O–H groups in total. The summed E-state index contributed by atoms with van der Waals surface area (Å²) in [6.07, 6.45) is 3.12. The van der Waals surface area contributed by atoms with Gasteiger partial charge in [0.1, 0.15) is 11.6 Å². The van der Waals surface area contributed by atoms with Gasteiger partial charge < -0.3 is 10.6 Å². The molecule has 0 aliphatic rings. The van der Waals surface area contributed by atoms with E-state index in [0.717, 1.165) is 22.2 Å². The predicted octanol–water partition coefficient (Wildman–Crippen LogP) is 3.93. The summed E-state index contributed by atoms with van der Waals surface area (Å²) in [4.78, 5) is 16.7. The SMILES string of the molecule is CC(NC(=O)/C(C#N)=C\Nc1cccc2cccnc12)c1ccccc1. The van der Waals surface area contributed by atoms with Crippen molar-refractivity contribution >= 4 is 22.5 Å². The number of benzene rings is 2. The first-order valence-corrected chi connectivity index (χ1v) is 8.25. The van der Waals surface area contributed by atoms with Gasteiger partial charge in [0, 0.05) is 17.8 Å². The summed E-state index contributed by atoms with van der Waals surface area (Å²) in [6, 6.07) is 20.9. The van der Waals surface area contributed by atoms with E-state index in [2.05, 4.69) is 15.6 Å². The monoisotopic (exact) mass is 342 g/mol. The first-order valence-electron chi connectivity index (χ1n) is 8.25. The molecule has 2 aromatic carbocycles. The summed E-state index contributed by atoms with van der Waals surface area (Å²) >= 11 is 0. The second-order valence-electron chi connectivity index (χ2n) is 5.80. The van der Waals surface area contributed by atoms with Crippen LogP contribution >= 0.6 is 0 Å². The minimum atomic E-state index is -0.426. The molecule has 0 bridgehead atoms. The van der Waals surface area contributed by atoms with E-state index < -0.39 is 5.91 Å². The maximum Gasteiger partial charge on any atom is 0.263 e. The third-order valence-corrected chi connectivity index (χ3v) is 4.02. The number of rotatable bonds is 5. The number of carbonyl (C=O) groups excluding carboxylic acids is 1. The molecule has 0 aliphatic carbocycles. The molecule has 0 saturated carbocycles. The lowest BCUT2D eigenvalue weighted by Crippen LogP contribution is -2.28. The van der Waals surface area contributed by atoms with Crippen molar-refractivity contribution in [3.05, 3.63) is 84.2 Å². The number of hydrogen-bond acceptors (Lipinski definition) is 4. The van der Waals surface area contributed by atoms with Crippen LogP contribution in [0.15, 0.2) is 78.6 Å². The van der Waals surface area contributed by atoms with Gasteiger partial charge in [0.05, 0.1) is 17.2 Å². The number of amides is 1. The van der Waals surface area contributed by atoms with Gasteiger partial charge in [-0.2, -0.15) is 5.26 Å². The van der Waals surface area contributed by atoms with Crippen LogP contribution < -0.4 is 10.6 Å². The van der Waals surface area contributed by atoms with E-state index in [1.54, 1.807) is 6.20 Å². The normalized spacial score (nSPS) is 12.2. The average Bonchev–Trinajstić information content (AvgIpc) is 2.69. The van der Waals surface area contributed by atoms with Crippen LogP contribution in [0.1, 0.15) is 18.5 Å². The molecule has 5 heteroatoms. The van der Waals surface area contributed by atoms with E-state index in [0.29, 0.717) is 0 Å². The second-order valence-corrected chi connectivity index (χ2v) is 5.80. The topological polar surface area (TPSA) is 77.8 Å². The number of anilines is 1. The molecule has 3 rings (SSSR count). The van der Waals surface area contributed by atoms with Gasteiger partial charge in [-0.1, -0.05) is 48.5 Å². The lowest BCUT2D eigenvalue weighted by molar-refractivity contribution is -0.117. The zero-order chi connectivity index (χ0) is 18.4. The molecule has 26 heavy (non-hydrogen) atoms. The largest absolute Gasteiger partial charge is 0.358 e. The van der Waals surface area contributed by atoms with Crippen LogP contribution in [0.25, 0.3) is 10.9 Å². The highest BCUT2D eigenvalue weighted by Gasteiger charge is 2.13. The summed E-state index contributed by atoms with van der Waals surface area (Å²) in [6.45, 7) is 1.88. The van der Waals surface area contributed by atoms with E-state index in [1.807, 2.05) is 73.7 Å². The van der Waals surface area contributed by atoms with Gasteiger partial charge in [-0.15, -0.1) is 0 Å². The number of aromatic nitrogens is 1. The molecule has 0 spiro atoms. The zero-order valence-electron chi connectivity index (χ0n) is 14.3. The molecule has 1 atom stereocenters. The van der Waals surface area contributed by atoms with Crippen molar-refractivity contribution < 1.29 is 4.79 Å². The van der Waals surface area contributed by atoms with Crippen molar-refractivity contribution in [3.8, 4) is 6.07 Å². The van der Waals surface area contributed by atoms with Gasteiger partial charge in [0.2, 0.25) is 0 Å². The van der Waals surface area contributed by atoms with Crippen molar-refractivity contribution in [1.29, 1.82) is 5.26 Å². The van der Waals surface area contributed by atoms with Crippen LogP contribution in [0.5, 0.6) is 0 Å². The molecule has 0 radical (unpaired) electrons. The number of carbonyl (C=O) groups is 1. The molecule has 5 nitrogen and oxygen atoms in total. The Balaban J connectivity index is 1.75. The molecule has 1 amide bonds. The molecule has 0 saturated heterocycles. The number of fused-ring (bicyclic) bond motifs is 1. The number of pyridine rings is 1. The van der Waals surface area contributed by atoms with E-state index in [9.17, 15) is 10.1 Å². The van der Waals surface area contributed by atoms with Gasteiger partial charge in [0.15, 0.2) is 0 Å². The molecule has 3 aromatic rings. The fourth-order valence-corrected chi connectivity index (χ4v) is 2.62. The molecule has 128 valence electrons. The third kappa shape index (κ3) is 3.87. The highest BCUT2D eigenvalue weighted by molar-refractivity contribution is 5.98. The number of nitriles is 1. The van der Waals surface area contributed by atoms with Crippen molar-refractivity contribution in [3.63, 3.8) is 0 Å². The smallest absolute Gasteiger partial charge is 0.263 e. The zero-order valence-corrected chi connectivity index (χ0v) is 14.3. The Kier molecular flexibility index (Phi) is 5.25. The first-order chi connectivity index (χ1) is 12.7. The van der Waals surface area contributed by atoms with Crippen LogP contribution in [-0.2, 0) is 4.79 Å². The Bertz CT molecular complexity index is 984. The van der Waals surface area contributed by atoms with Crippen LogP contribution in [0.2, 0.25) is 0 Å². The molecule has 0 aliphatic heterocycles. The molecule has 1 unspecified atom stereocenters. The highest BCUT2D eigenvalue weighted by atomic mass is 16.1. The molecule has 1 heterocycles. The van der Waals surface area contributed by atoms with E-state index >= 15 is 0 Å². The highest BCUT2D eigenvalue weighted by Crippen LogP contribution is 2.21. The summed E-state index contributed by atoms with van der Waals surface area (Å²) < 4.78 is 0. The number of nitrogens with zero attached hydrogens (tertiary/aromatic N) is 2. The van der Waals surface area contributed by atoms with Crippen molar-refractivity contribution in [2.45, 2.75) is 13.0 Å². The Morgan fingerprint density at radius 2 is 1.88 bits per heavy atom. The maximum absolute atomic E-state index is 12.4. The van der Waals surface area contributed by atoms with Crippen molar-refractivity contribution in [2.24, 2.45) is 0 Å². The Morgan fingerprint density at radius 3 is 2.65 bits per heavy atom. The van der Waals surface area contributed by atoms with E-state index in [1.165, 1.54) is 6.20 Å². The Labute approximate surface area is 152 Å². The maximum atomic E-state index is 12.4. The summed E-state index contributed by atoms with van der Waals surface area (Å²) in [7, 11) is 0. The third-order valence-electron chi connectivity index (χ3n) is 4.02.